The van der Waals surface area contributed by atoms with Crippen LogP contribution in [-0.4, -0.2) is 46.0 Å². The normalized spacial score (nSPS) is 21.5. The Hall–Kier alpha value is -1.84. The maximum Gasteiger partial charge on any atom is 0.411 e. The molecule has 2 aliphatic rings. The van der Waals surface area contributed by atoms with E-state index < -0.39 is 27.9 Å². The first kappa shape index (κ1) is 22.4. The van der Waals surface area contributed by atoms with Gasteiger partial charge in [-0.15, -0.1) is 12.4 Å². The molecule has 156 valence electrons. The first-order valence-corrected chi connectivity index (χ1v) is 10.6. The van der Waals surface area contributed by atoms with E-state index in [1.165, 1.54) is 19.2 Å². The Kier molecular flexibility index (Phi) is 7.30. The lowest BCUT2D eigenvalue weighted by atomic mass is 9.94. The highest BCUT2D eigenvalue weighted by Crippen LogP contribution is 2.40. The monoisotopic (exact) mass is 432 g/mol. The van der Waals surface area contributed by atoms with E-state index in [0.29, 0.717) is 37.1 Å². The molecule has 1 saturated carbocycles. The highest BCUT2D eigenvalue weighted by atomic mass is 35.5. The molecule has 1 aromatic carbocycles. The first-order valence-electron chi connectivity index (χ1n) is 9.01. The zero-order chi connectivity index (χ0) is 19.6. The van der Waals surface area contributed by atoms with Crippen molar-refractivity contribution in [2.24, 2.45) is 5.92 Å². The number of hydrogen-bond acceptors (Lipinski definition) is 7. The minimum Gasteiger partial charge on any atom is -0.466 e. The minimum atomic E-state index is -3.48. The Labute approximate surface area is 170 Å². The number of sulfone groups is 1. The molecular weight excluding hydrogens is 408 g/mol. The molecule has 1 heterocycles. The molecule has 0 spiro atoms. The van der Waals surface area contributed by atoms with Crippen LogP contribution >= 0.6 is 12.4 Å². The number of amides is 1. The van der Waals surface area contributed by atoms with Gasteiger partial charge < -0.3 is 14.8 Å². The van der Waals surface area contributed by atoms with Crippen molar-refractivity contribution in [2.45, 2.75) is 42.4 Å². The second-order valence-corrected chi connectivity index (χ2v) is 8.89. The van der Waals surface area contributed by atoms with E-state index >= 15 is 0 Å². The van der Waals surface area contributed by atoms with Gasteiger partial charge >= 0.3 is 12.1 Å². The number of anilines is 1. The molecule has 3 rings (SSSR count). The summed E-state index contributed by atoms with van der Waals surface area (Å²) in [5, 5.41) is 5.39. The van der Waals surface area contributed by atoms with Gasteiger partial charge in [-0.05, 0) is 56.5 Å². The predicted octanol–water partition coefficient (Wildman–Crippen LogP) is 2.44. The first-order chi connectivity index (χ1) is 12.9. The molecular formula is C18H25ClN2O6S. The van der Waals surface area contributed by atoms with E-state index in [0.717, 1.165) is 0 Å². The van der Waals surface area contributed by atoms with Gasteiger partial charge in [0.05, 0.1) is 29.8 Å². The number of esters is 1. The lowest BCUT2D eigenvalue weighted by molar-refractivity contribution is -0.148. The fourth-order valence-electron chi connectivity index (χ4n) is 3.39. The summed E-state index contributed by atoms with van der Waals surface area (Å²) in [6.45, 7) is 2.57. The number of ether oxygens (including phenoxy) is 2. The molecule has 1 aromatic rings. The Morgan fingerprint density at radius 1 is 1.25 bits per heavy atom. The molecule has 2 atom stereocenters. The summed E-state index contributed by atoms with van der Waals surface area (Å²) in [6, 6.07) is 4.13. The lowest BCUT2D eigenvalue weighted by Crippen LogP contribution is -2.27. The SMILES string of the molecule is CCOC(=O)[C@@H]1CCN[C@H]1c1cc(NC(=O)OC)ccc1S(=O)(=O)C1CC1.Cl. The van der Waals surface area contributed by atoms with Crippen LogP contribution < -0.4 is 10.6 Å². The average molecular weight is 433 g/mol. The minimum absolute atomic E-state index is 0. The van der Waals surface area contributed by atoms with Crippen LogP contribution in [0.3, 0.4) is 0 Å². The molecule has 0 bridgehead atoms. The molecule has 0 aromatic heterocycles. The van der Waals surface area contributed by atoms with Crippen molar-refractivity contribution in [2.75, 3.05) is 25.6 Å². The average Bonchev–Trinajstić information content (AvgIpc) is 3.39. The van der Waals surface area contributed by atoms with Crippen molar-refractivity contribution in [3.8, 4) is 0 Å². The fourth-order valence-corrected chi connectivity index (χ4v) is 5.28. The largest absolute Gasteiger partial charge is 0.466 e. The number of carbonyl (C=O) groups excluding carboxylic acids is 2. The van der Waals surface area contributed by atoms with E-state index in [1.54, 1.807) is 13.0 Å². The summed E-state index contributed by atoms with van der Waals surface area (Å²) < 4.78 is 35.6. The lowest BCUT2D eigenvalue weighted by Gasteiger charge is -2.22. The molecule has 1 aliphatic heterocycles. The van der Waals surface area contributed by atoms with Crippen molar-refractivity contribution in [1.29, 1.82) is 0 Å². The van der Waals surface area contributed by atoms with Crippen molar-refractivity contribution < 1.29 is 27.5 Å². The topological polar surface area (TPSA) is 111 Å². The zero-order valence-electron chi connectivity index (χ0n) is 15.8. The number of rotatable bonds is 6. The van der Waals surface area contributed by atoms with Gasteiger partial charge in [-0.3, -0.25) is 10.1 Å². The van der Waals surface area contributed by atoms with Gasteiger partial charge in [-0.2, -0.15) is 0 Å². The van der Waals surface area contributed by atoms with E-state index in [2.05, 4.69) is 15.4 Å². The van der Waals surface area contributed by atoms with E-state index in [-0.39, 0.29) is 35.1 Å². The van der Waals surface area contributed by atoms with Crippen molar-refractivity contribution >= 4 is 40.0 Å². The predicted molar refractivity (Wildman–Crippen MR) is 105 cm³/mol. The second kappa shape index (κ2) is 9.11. The number of nitrogens with one attached hydrogen (secondary N) is 2. The summed E-state index contributed by atoms with van der Waals surface area (Å²) >= 11 is 0. The quantitative estimate of drug-likeness (QED) is 0.664. The van der Waals surface area contributed by atoms with Crippen LogP contribution in [0.5, 0.6) is 0 Å². The Morgan fingerprint density at radius 2 is 1.96 bits per heavy atom. The maximum atomic E-state index is 12.9. The van der Waals surface area contributed by atoms with E-state index in [9.17, 15) is 18.0 Å². The number of methoxy groups -OCH3 is 1. The van der Waals surface area contributed by atoms with Crippen molar-refractivity contribution in [3.05, 3.63) is 23.8 Å². The molecule has 1 amide bonds. The van der Waals surface area contributed by atoms with Gasteiger partial charge in [0.15, 0.2) is 9.84 Å². The van der Waals surface area contributed by atoms with Gasteiger partial charge in [-0.1, -0.05) is 0 Å². The Balaban J connectivity index is 0.00000280. The summed E-state index contributed by atoms with van der Waals surface area (Å²) in [6.07, 6.45) is 1.19. The molecule has 1 aliphatic carbocycles. The summed E-state index contributed by atoms with van der Waals surface area (Å²) in [5.74, 6) is -0.833. The molecule has 10 heteroatoms. The summed E-state index contributed by atoms with van der Waals surface area (Å²) in [7, 11) is -2.23. The fraction of sp³-hybridized carbons (Fsp3) is 0.556. The molecule has 8 nitrogen and oxygen atoms in total. The highest BCUT2D eigenvalue weighted by molar-refractivity contribution is 7.92. The van der Waals surface area contributed by atoms with Crippen LogP contribution in [0, 0.1) is 5.92 Å². The van der Waals surface area contributed by atoms with E-state index in [1.807, 2.05) is 0 Å². The van der Waals surface area contributed by atoms with Gasteiger partial charge in [0, 0.05) is 11.7 Å². The number of carbonyl (C=O) groups is 2. The van der Waals surface area contributed by atoms with Crippen LogP contribution in [0.4, 0.5) is 10.5 Å². The third-order valence-electron chi connectivity index (χ3n) is 4.86. The molecule has 28 heavy (non-hydrogen) atoms. The third-order valence-corrected chi connectivity index (χ3v) is 7.19. The molecule has 2 N–H and O–H groups in total. The third kappa shape index (κ3) is 4.59. The van der Waals surface area contributed by atoms with Gasteiger partial charge in [0.25, 0.3) is 0 Å². The molecule has 0 unspecified atom stereocenters. The van der Waals surface area contributed by atoms with Crippen molar-refractivity contribution in [1.82, 2.24) is 5.32 Å². The summed E-state index contributed by atoms with van der Waals surface area (Å²) in [4.78, 5) is 24.1. The second-order valence-electron chi connectivity index (χ2n) is 6.69. The maximum absolute atomic E-state index is 12.9. The van der Waals surface area contributed by atoms with Crippen LogP contribution in [0.15, 0.2) is 23.1 Å². The zero-order valence-corrected chi connectivity index (χ0v) is 17.4. The molecule has 1 saturated heterocycles. The Morgan fingerprint density at radius 3 is 2.57 bits per heavy atom. The Bertz CT molecular complexity index is 840. The standard InChI is InChI=1S/C18H24N2O6S.ClH/c1-3-26-17(21)13-8-9-19-16(13)14-10-11(20-18(22)25-2)4-7-15(14)27(23,24)12-5-6-12;/h4,7,10,12-13,16,19H,3,5-6,8-9H2,1-2H3,(H,20,22);1H/t13-,16-;/m1./s1. The van der Waals surface area contributed by atoms with Gasteiger partial charge in [0.2, 0.25) is 0 Å². The van der Waals surface area contributed by atoms with Crippen LogP contribution in [-0.2, 0) is 24.1 Å². The van der Waals surface area contributed by atoms with Crippen LogP contribution in [0.25, 0.3) is 0 Å². The number of halogens is 1. The number of hydrogen-bond donors (Lipinski definition) is 2. The molecule has 0 radical (unpaired) electrons. The number of benzene rings is 1. The smallest absolute Gasteiger partial charge is 0.411 e. The summed E-state index contributed by atoms with van der Waals surface area (Å²) in [5.41, 5.74) is 0.884. The van der Waals surface area contributed by atoms with E-state index in [4.69, 9.17) is 4.74 Å². The highest BCUT2D eigenvalue weighted by Gasteiger charge is 2.42. The molecule has 2 fully saturated rings. The van der Waals surface area contributed by atoms with Crippen LogP contribution in [0.2, 0.25) is 0 Å². The van der Waals surface area contributed by atoms with Gasteiger partial charge in [-0.25, -0.2) is 13.2 Å². The van der Waals surface area contributed by atoms with Crippen LogP contribution in [0.1, 0.15) is 37.8 Å². The van der Waals surface area contributed by atoms with Crippen molar-refractivity contribution in [3.63, 3.8) is 0 Å². The van der Waals surface area contributed by atoms with Gasteiger partial charge in [0.1, 0.15) is 0 Å².